The fourth-order valence-electron chi connectivity index (χ4n) is 3.19. The SMILES string of the molecule is CCn1cc2ncc(N[C@@H](C)c3cccc(NC(=O)Nc4ccc(OC(F)(F)F)nc4)c3)nc2n1. The number of anilines is 3. The molecule has 0 saturated carbocycles. The summed E-state index contributed by atoms with van der Waals surface area (Å²) in [6, 6.07) is 8.67. The average Bonchev–Trinajstić information content (AvgIpc) is 3.22. The van der Waals surface area contributed by atoms with Gasteiger partial charge in [-0.25, -0.2) is 19.7 Å². The summed E-state index contributed by atoms with van der Waals surface area (Å²) in [6.45, 7) is 4.64. The molecule has 35 heavy (non-hydrogen) atoms. The topological polar surface area (TPSA) is 119 Å². The molecule has 0 fully saturated rings. The molecule has 4 aromatic rings. The lowest BCUT2D eigenvalue weighted by atomic mass is 10.1. The van der Waals surface area contributed by atoms with Gasteiger partial charge in [0.1, 0.15) is 11.3 Å². The summed E-state index contributed by atoms with van der Waals surface area (Å²) in [5.74, 6) is -0.0619. The Morgan fingerprint density at radius 2 is 1.91 bits per heavy atom. The second kappa shape index (κ2) is 9.83. The highest BCUT2D eigenvalue weighted by Crippen LogP contribution is 2.23. The average molecular weight is 486 g/mol. The number of fused-ring (bicyclic) bond motifs is 1. The lowest BCUT2D eigenvalue weighted by Crippen LogP contribution is -2.20. The van der Waals surface area contributed by atoms with E-state index < -0.39 is 18.3 Å². The Hall–Kier alpha value is -4.42. The summed E-state index contributed by atoms with van der Waals surface area (Å²) in [5, 5.41) is 12.8. The van der Waals surface area contributed by atoms with Crippen molar-refractivity contribution in [1.29, 1.82) is 0 Å². The number of ether oxygens (including phenoxy) is 1. The zero-order valence-electron chi connectivity index (χ0n) is 18.7. The maximum absolute atomic E-state index is 12.3. The van der Waals surface area contributed by atoms with Crippen molar-refractivity contribution in [3.05, 3.63) is 60.6 Å². The summed E-state index contributed by atoms with van der Waals surface area (Å²) in [7, 11) is 0. The van der Waals surface area contributed by atoms with E-state index >= 15 is 0 Å². The molecule has 1 aromatic carbocycles. The Bertz CT molecular complexity index is 1320. The van der Waals surface area contributed by atoms with E-state index in [1.165, 1.54) is 6.07 Å². The first-order valence-electron chi connectivity index (χ1n) is 10.5. The van der Waals surface area contributed by atoms with Gasteiger partial charge in [0.25, 0.3) is 0 Å². The van der Waals surface area contributed by atoms with Gasteiger partial charge in [-0.05, 0) is 37.6 Å². The molecule has 10 nitrogen and oxygen atoms in total. The highest BCUT2D eigenvalue weighted by Gasteiger charge is 2.31. The van der Waals surface area contributed by atoms with Gasteiger partial charge in [-0.2, -0.15) is 5.10 Å². The van der Waals surface area contributed by atoms with Gasteiger partial charge in [0, 0.05) is 18.3 Å². The van der Waals surface area contributed by atoms with Crippen molar-refractivity contribution in [3.8, 4) is 5.88 Å². The zero-order valence-corrected chi connectivity index (χ0v) is 18.7. The van der Waals surface area contributed by atoms with Crippen molar-refractivity contribution in [2.75, 3.05) is 16.0 Å². The van der Waals surface area contributed by atoms with E-state index in [1.54, 1.807) is 29.1 Å². The molecule has 0 unspecified atom stereocenters. The third kappa shape index (κ3) is 6.34. The van der Waals surface area contributed by atoms with E-state index in [9.17, 15) is 18.0 Å². The van der Waals surface area contributed by atoms with E-state index in [-0.39, 0.29) is 11.7 Å². The Kier molecular flexibility index (Phi) is 6.66. The predicted octanol–water partition coefficient (Wildman–Crippen LogP) is 4.96. The van der Waals surface area contributed by atoms with E-state index in [1.807, 2.05) is 26.1 Å². The van der Waals surface area contributed by atoms with Gasteiger partial charge in [-0.15, -0.1) is 13.2 Å². The number of nitrogens with zero attached hydrogens (tertiary/aromatic N) is 5. The summed E-state index contributed by atoms with van der Waals surface area (Å²) < 4.78 is 42.1. The first-order chi connectivity index (χ1) is 16.7. The Morgan fingerprint density at radius 1 is 1.11 bits per heavy atom. The third-order valence-electron chi connectivity index (χ3n) is 4.82. The van der Waals surface area contributed by atoms with Gasteiger partial charge >= 0.3 is 12.4 Å². The highest BCUT2D eigenvalue weighted by atomic mass is 19.4. The van der Waals surface area contributed by atoms with E-state index in [0.29, 0.717) is 22.7 Å². The summed E-state index contributed by atoms with van der Waals surface area (Å²) in [4.78, 5) is 24.7. The van der Waals surface area contributed by atoms with Gasteiger partial charge in [0.2, 0.25) is 11.5 Å². The van der Waals surface area contributed by atoms with Gasteiger partial charge in [0.15, 0.2) is 0 Å². The second-order valence-corrected chi connectivity index (χ2v) is 7.45. The number of aryl methyl sites for hydroxylation is 1. The first kappa shape index (κ1) is 23.7. The van der Waals surface area contributed by atoms with Gasteiger partial charge in [-0.3, -0.25) is 4.68 Å². The molecule has 3 heterocycles. The van der Waals surface area contributed by atoms with Crippen molar-refractivity contribution < 1.29 is 22.7 Å². The van der Waals surface area contributed by atoms with Crippen molar-refractivity contribution in [1.82, 2.24) is 24.7 Å². The minimum absolute atomic E-state index is 0.162. The summed E-state index contributed by atoms with van der Waals surface area (Å²) in [5.41, 5.74) is 2.84. The smallest absolute Gasteiger partial charge is 0.388 e. The number of amides is 2. The number of alkyl halides is 3. The zero-order chi connectivity index (χ0) is 25.0. The number of hydrogen-bond acceptors (Lipinski definition) is 7. The minimum Gasteiger partial charge on any atom is -0.388 e. The number of carbonyl (C=O) groups excluding carboxylic acids is 1. The molecule has 2 amide bonds. The number of nitrogens with one attached hydrogen (secondary N) is 3. The molecule has 3 aromatic heterocycles. The normalized spacial score (nSPS) is 12.3. The Morgan fingerprint density at radius 3 is 2.63 bits per heavy atom. The fraction of sp³-hybridized carbons (Fsp3) is 0.227. The molecule has 0 radical (unpaired) electrons. The van der Waals surface area contributed by atoms with Crippen LogP contribution in [0.3, 0.4) is 0 Å². The van der Waals surface area contributed by atoms with Crippen molar-refractivity contribution in [2.45, 2.75) is 32.8 Å². The molecule has 0 saturated heterocycles. The largest absolute Gasteiger partial charge is 0.574 e. The number of hydrogen-bond donors (Lipinski definition) is 3. The number of aromatic nitrogens is 5. The van der Waals surface area contributed by atoms with E-state index in [0.717, 1.165) is 24.4 Å². The number of rotatable bonds is 7. The molecule has 0 aliphatic rings. The molecule has 13 heteroatoms. The lowest BCUT2D eigenvalue weighted by Gasteiger charge is -2.16. The lowest BCUT2D eigenvalue weighted by molar-refractivity contribution is -0.276. The van der Waals surface area contributed by atoms with Crippen LogP contribution in [0.2, 0.25) is 0 Å². The minimum atomic E-state index is -4.84. The Balaban J connectivity index is 1.37. The second-order valence-electron chi connectivity index (χ2n) is 7.45. The van der Waals surface area contributed by atoms with Crippen LogP contribution in [0.5, 0.6) is 5.88 Å². The van der Waals surface area contributed by atoms with Gasteiger partial charge in [-0.1, -0.05) is 12.1 Å². The maximum atomic E-state index is 12.3. The van der Waals surface area contributed by atoms with E-state index in [2.05, 4.69) is 40.7 Å². The number of pyridine rings is 1. The number of carbonyl (C=O) groups is 1. The van der Waals surface area contributed by atoms with E-state index in [4.69, 9.17) is 0 Å². The first-order valence-corrected chi connectivity index (χ1v) is 10.5. The molecule has 0 aliphatic heterocycles. The monoisotopic (exact) mass is 486 g/mol. The van der Waals surface area contributed by atoms with Crippen LogP contribution < -0.4 is 20.7 Å². The third-order valence-corrected chi connectivity index (χ3v) is 4.82. The molecule has 0 bridgehead atoms. The molecular weight excluding hydrogens is 465 g/mol. The van der Waals surface area contributed by atoms with Gasteiger partial charge in [0.05, 0.1) is 30.3 Å². The molecular formula is C22H21F3N8O2. The van der Waals surface area contributed by atoms with Crippen molar-refractivity contribution in [2.24, 2.45) is 0 Å². The van der Waals surface area contributed by atoms with Crippen LogP contribution in [0, 0.1) is 0 Å². The van der Waals surface area contributed by atoms with Crippen molar-refractivity contribution >= 4 is 34.4 Å². The number of benzene rings is 1. The van der Waals surface area contributed by atoms with Crippen LogP contribution in [-0.4, -0.2) is 37.1 Å². The molecule has 4 rings (SSSR count). The standard InChI is InChI=1S/C22H21F3N8O2/c1-3-33-12-17-20(32-33)31-18(11-26-17)28-13(2)14-5-4-6-15(9-14)29-21(34)30-16-7-8-19(27-10-16)35-22(23,24)25/h4-13H,3H2,1-2H3,(H,28,31,32)(H2,29,30,34)/t13-/m0/s1. The number of urea groups is 1. The predicted molar refractivity (Wildman–Crippen MR) is 123 cm³/mol. The van der Waals surface area contributed by atoms with Crippen LogP contribution in [0.15, 0.2) is 55.0 Å². The quantitative estimate of drug-likeness (QED) is 0.338. The molecule has 0 aliphatic carbocycles. The maximum Gasteiger partial charge on any atom is 0.574 e. The molecule has 0 spiro atoms. The van der Waals surface area contributed by atoms with Crippen molar-refractivity contribution in [3.63, 3.8) is 0 Å². The van der Waals surface area contributed by atoms with Crippen LogP contribution >= 0.6 is 0 Å². The molecule has 3 N–H and O–H groups in total. The summed E-state index contributed by atoms with van der Waals surface area (Å²) in [6.07, 6.45) is -0.316. The van der Waals surface area contributed by atoms with Crippen LogP contribution in [0.25, 0.3) is 11.2 Å². The summed E-state index contributed by atoms with van der Waals surface area (Å²) >= 11 is 0. The number of halogens is 3. The van der Waals surface area contributed by atoms with Crippen LogP contribution in [0.1, 0.15) is 25.5 Å². The Labute approximate surface area is 197 Å². The van der Waals surface area contributed by atoms with Crippen LogP contribution in [0.4, 0.5) is 35.2 Å². The molecule has 182 valence electrons. The van der Waals surface area contributed by atoms with Gasteiger partial charge < -0.3 is 20.7 Å². The fourth-order valence-corrected chi connectivity index (χ4v) is 3.19. The highest BCUT2D eigenvalue weighted by molar-refractivity contribution is 5.99. The molecule has 1 atom stereocenters. The van der Waals surface area contributed by atoms with Crippen LogP contribution in [-0.2, 0) is 6.54 Å².